The molecule has 4 heterocycles. The van der Waals surface area contributed by atoms with Crippen LogP contribution in [0, 0.1) is 11.8 Å². The van der Waals surface area contributed by atoms with E-state index in [-0.39, 0.29) is 35.6 Å². The molecule has 0 aliphatic carbocycles. The van der Waals surface area contributed by atoms with E-state index >= 15 is 0 Å². The van der Waals surface area contributed by atoms with E-state index < -0.39 is 5.41 Å². The number of hydrogen-bond donors (Lipinski definition) is 1. The molecule has 0 aromatic heterocycles. The number of likely N-dealkylation sites (N-methyl/N-ethyl adjacent to an activating group) is 1. The van der Waals surface area contributed by atoms with Crippen LogP contribution in [0.3, 0.4) is 0 Å². The van der Waals surface area contributed by atoms with Gasteiger partial charge in [-0.05, 0) is 37.3 Å². The molecule has 1 amide bonds. The normalized spacial score (nSPS) is 36.2. The van der Waals surface area contributed by atoms with Gasteiger partial charge in [-0.3, -0.25) is 9.59 Å². The van der Waals surface area contributed by atoms with Gasteiger partial charge in [-0.15, -0.1) is 0 Å². The van der Waals surface area contributed by atoms with Gasteiger partial charge in [-0.25, -0.2) is 0 Å². The van der Waals surface area contributed by atoms with Gasteiger partial charge < -0.3 is 19.7 Å². The summed E-state index contributed by atoms with van der Waals surface area (Å²) in [6.45, 7) is 2.20. The molecule has 4 aliphatic heterocycles. The van der Waals surface area contributed by atoms with Crippen LogP contribution in [0.4, 0.5) is 5.69 Å². The number of anilines is 1. The number of nitrogens with zero attached hydrogens (tertiary/aromatic N) is 1. The molecule has 5 rings (SSSR count). The SMILES string of the molecule is COc1ccc2c(c1)N(C)C(=O)[C@]21C[C@@H]2N[C@H]1C[C@H]1C(C(C)=O)=COC[C@@H]21. The average Bonchev–Trinajstić information content (AvgIpc) is 3.09. The summed E-state index contributed by atoms with van der Waals surface area (Å²) in [4.78, 5) is 27.4. The number of nitrogens with one attached hydrogen (secondary N) is 1. The molecule has 2 fully saturated rings. The zero-order chi connectivity index (χ0) is 18.9. The van der Waals surface area contributed by atoms with Gasteiger partial charge in [0, 0.05) is 36.7 Å². The summed E-state index contributed by atoms with van der Waals surface area (Å²) in [5.41, 5.74) is 2.20. The van der Waals surface area contributed by atoms with Crippen molar-refractivity contribution >= 4 is 17.4 Å². The highest BCUT2D eigenvalue weighted by molar-refractivity contribution is 6.09. The summed E-state index contributed by atoms with van der Waals surface area (Å²) in [5, 5.41) is 3.70. The van der Waals surface area contributed by atoms with E-state index in [9.17, 15) is 9.59 Å². The molecule has 2 saturated heterocycles. The van der Waals surface area contributed by atoms with Crippen molar-refractivity contribution in [2.45, 2.75) is 37.3 Å². The van der Waals surface area contributed by atoms with Gasteiger partial charge >= 0.3 is 0 Å². The first-order chi connectivity index (χ1) is 13.0. The van der Waals surface area contributed by atoms with Gasteiger partial charge in [0.25, 0.3) is 0 Å². The standard InChI is InChI=1S/C21H24N2O4/c1-11(24)14-9-27-10-15-13(14)7-19-21(8-17(15)22-19)16-5-4-12(26-3)6-18(16)23(2)20(21)25/h4-6,9,13,15,17,19,22H,7-8,10H2,1-3H3/t13-,15+,17-,19-,21+/m0/s1. The second kappa shape index (κ2) is 5.58. The summed E-state index contributed by atoms with van der Waals surface area (Å²) in [6.07, 6.45) is 3.17. The number of piperidine rings is 1. The van der Waals surface area contributed by atoms with Crippen LogP contribution in [0.1, 0.15) is 25.3 Å². The molecule has 6 heteroatoms. The van der Waals surface area contributed by atoms with Crippen molar-refractivity contribution in [1.82, 2.24) is 5.32 Å². The molecule has 1 aromatic rings. The number of amides is 1. The Hall–Kier alpha value is -2.34. The van der Waals surface area contributed by atoms with E-state index in [1.54, 1.807) is 25.2 Å². The molecule has 1 N–H and O–H groups in total. The third-order valence-electron chi connectivity index (χ3n) is 7.11. The Labute approximate surface area is 158 Å². The van der Waals surface area contributed by atoms with Crippen molar-refractivity contribution in [2.75, 3.05) is 25.7 Å². The van der Waals surface area contributed by atoms with Crippen LogP contribution < -0.4 is 15.0 Å². The number of Topliss-reactive ketones (excluding diaryl/α,β-unsaturated/α-hetero) is 1. The van der Waals surface area contributed by atoms with Crippen LogP contribution in [0.15, 0.2) is 30.0 Å². The maximum Gasteiger partial charge on any atom is 0.239 e. The quantitative estimate of drug-likeness (QED) is 0.862. The molecule has 0 saturated carbocycles. The number of rotatable bonds is 2. The minimum absolute atomic E-state index is 0.0224. The number of carbonyl (C=O) groups excluding carboxylic acids is 2. The van der Waals surface area contributed by atoms with E-state index in [2.05, 4.69) is 5.32 Å². The van der Waals surface area contributed by atoms with Crippen LogP contribution in [0.5, 0.6) is 5.75 Å². The summed E-state index contributed by atoms with van der Waals surface area (Å²) >= 11 is 0. The van der Waals surface area contributed by atoms with Crippen molar-refractivity contribution in [1.29, 1.82) is 0 Å². The molecule has 2 bridgehead atoms. The van der Waals surface area contributed by atoms with Crippen molar-refractivity contribution in [3.8, 4) is 5.75 Å². The number of fused-ring (bicyclic) bond motifs is 7. The predicted molar refractivity (Wildman–Crippen MR) is 99.7 cm³/mol. The largest absolute Gasteiger partial charge is 0.500 e. The molecule has 5 atom stereocenters. The van der Waals surface area contributed by atoms with Crippen molar-refractivity contribution < 1.29 is 19.1 Å². The van der Waals surface area contributed by atoms with Crippen LogP contribution >= 0.6 is 0 Å². The lowest BCUT2D eigenvalue weighted by molar-refractivity contribution is -0.123. The third kappa shape index (κ3) is 2.05. The first kappa shape index (κ1) is 16.8. The Balaban J connectivity index is 1.60. The molecule has 6 nitrogen and oxygen atoms in total. The van der Waals surface area contributed by atoms with E-state index in [1.165, 1.54) is 0 Å². The minimum Gasteiger partial charge on any atom is -0.500 e. The topological polar surface area (TPSA) is 67.9 Å². The molecule has 0 radical (unpaired) electrons. The van der Waals surface area contributed by atoms with Gasteiger partial charge in [0.15, 0.2) is 5.78 Å². The Bertz CT molecular complexity index is 879. The Morgan fingerprint density at radius 1 is 1.41 bits per heavy atom. The summed E-state index contributed by atoms with van der Waals surface area (Å²) in [6, 6.07) is 6.12. The Kier molecular flexibility index (Phi) is 3.47. The number of ketones is 1. The fraction of sp³-hybridized carbons (Fsp3) is 0.524. The number of hydrogen-bond acceptors (Lipinski definition) is 5. The Morgan fingerprint density at radius 3 is 2.96 bits per heavy atom. The zero-order valence-corrected chi connectivity index (χ0v) is 15.8. The van der Waals surface area contributed by atoms with Crippen LogP contribution in [-0.2, 0) is 19.7 Å². The van der Waals surface area contributed by atoms with Crippen LogP contribution in [0.25, 0.3) is 0 Å². The van der Waals surface area contributed by atoms with Gasteiger partial charge in [0.1, 0.15) is 5.75 Å². The molecule has 1 spiro atoms. The molecule has 4 aliphatic rings. The van der Waals surface area contributed by atoms with E-state index in [1.807, 2.05) is 25.2 Å². The van der Waals surface area contributed by atoms with Crippen molar-refractivity contribution in [2.24, 2.45) is 11.8 Å². The predicted octanol–water partition coefficient (Wildman–Crippen LogP) is 1.78. The Morgan fingerprint density at radius 2 is 2.22 bits per heavy atom. The summed E-state index contributed by atoms with van der Waals surface area (Å²) in [7, 11) is 3.48. The van der Waals surface area contributed by atoms with E-state index in [0.29, 0.717) is 6.61 Å². The van der Waals surface area contributed by atoms with E-state index in [0.717, 1.165) is 35.4 Å². The smallest absolute Gasteiger partial charge is 0.239 e. The monoisotopic (exact) mass is 368 g/mol. The fourth-order valence-corrected chi connectivity index (χ4v) is 5.82. The van der Waals surface area contributed by atoms with Crippen molar-refractivity contribution in [3.05, 3.63) is 35.6 Å². The number of benzene rings is 1. The van der Waals surface area contributed by atoms with Gasteiger partial charge in [0.05, 0.1) is 31.1 Å². The molecule has 142 valence electrons. The summed E-state index contributed by atoms with van der Waals surface area (Å²) < 4.78 is 11.0. The van der Waals surface area contributed by atoms with Crippen LogP contribution in [0.2, 0.25) is 0 Å². The molecule has 1 aromatic carbocycles. The summed E-state index contributed by atoms with van der Waals surface area (Å²) in [5.74, 6) is 1.35. The fourth-order valence-electron chi connectivity index (χ4n) is 5.82. The number of allylic oxidation sites excluding steroid dienone is 1. The van der Waals surface area contributed by atoms with Crippen molar-refractivity contribution in [3.63, 3.8) is 0 Å². The number of methoxy groups -OCH3 is 1. The third-order valence-corrected chi connectivity index (χ3v) is 7.11. The maximum atomic E-state index is 13.5. The lowest BCUT2D eigenvalue weighted by atomic mass is 9.72. The number of carbonyl (C=O) groups is 2. The molecular formula is C21H24N2O4. The second-order valence-electron chi connectivity index (χ2n) is 8.22. The minimum atomic E-state index is -0.569. The molecule has 27 heavy (non-hydrogen) atoms. The highest BCUT2D eigenvalue weighted by Crippen LogP contribution is 2.56. The lowest BCUT2D eigenvalue weighted by Crippen LogP contribution is -2.53. The van der Waals surface area contributed by atoms with Gasteiger partial charge in [-0.2, -0.15) is 0 Å². The lowest BCUT2D eigenvalue weighted by Gasteiger charge is -2.41. The average molecular weight is 368 g/mol. The number of ether oxygens (including phenoxy) is 2. The second-order valence-corrected chi connectivity index (χ2v) is 8.22. The van der Waals surface area contributed by atoms with Gasteiger partial charge in [0.2, 0.25) is 5.91 Å². The molecular weight excluding hydrogens is 344 g/mol. The molecule has 0 unspecified atom stereocenters. The first-order valence-corrected chi connectivity index (χ1v) is 9.52. The first-order valence-electron chi connectivity index (χ1n) is 9.52. The zero-order valence-electron chi connectivity index (χ0n) is 15.8. The van der Waals surface area contributed by atoms with E-state index in [4.69, 9.17) is 9.47 Å². The van der Waals surface area contributed by atoms with Gasteiger partial charge in [-0.1, -0.05) is 6.07 Å². The highest BCUT2D eigenvalue weighted by Gasteiger charge is 2.64. The van der Waals surface area contributed by atoms with Crippen LogP contribution in [-0.4, -0.2) is 44.5 Å². The maximum absolute atomic E-state index is 13.5. The highest BCUT2D eigenvalue weighted by atomic mass is 16.5.